The van der Waals surface area contributed by atoms with Crippen LogP contribution in [0.5, 0.6) is 0 Å². The molecular formula is C17H15ClFN3. The summed E-state index contributed by atoms with van der Waals surface area (Å²) < 4.78 is 13.2. The molecule has 1 aromatic carbocycles. The molecule has 22 heavy (non-hydrogen) atoms. The van der Waals surface area contributed by atoms with Gasteiger partial charge in [0.2, 0.25) is 0 Å². The van der Waals surface area contributed by atoms with Crippen LogP contribution in [0.4, 0.5) is 10.2 Å². The Labute approximate surface area is 134 Å². The van der Waals surface area contributed by atoms with Crippen molar-refractivity contribution in [3.8, 4) is 6.07 Å². The minimum Gasteiger partial charge on any atom is -0.352 e. The van der Waals surface area contributed by atoms with Crippen LogP contribution in [-0.4, -0.2) is 12.0 Å². The fourth-order valence-electron chi connectivity index (χ4n) is 2.73. The van der Waals surface area contributed by atoms with Gasteiger partial charge in [0, 0.05) is 7.05 Å². The third-order valence-electron chi connectivity index (χ3n) is 4.00. The van der Waals surface area contributed by atoms with Crippen LogP contribution in [-0.2, 0) is 0 Å². The minimum absolute atomic E-state index is 0.126. The molecule has 0 radical (unpaired) electrons. The van der Waals surface area contributed by atoms with Crippen molar-refractivity contribution >= 4 is 17.4 Å². The van der Waals surface area contributed by atoms with E-state index in [1.165, 1.54) is 12.1 Å². The Morgan fingerprint density at radius 1 is 1.27 bits per heavy atom. The number of nitriles is 1. The molecular weight excluding hydrogens is 301 g/mol. The summed E-state index contributed by atoms with van der Waals surface area (Å²) in [6, 6.07) is 12.2. The maximum Gasteiger partial charge on any atom is 0.161 e. The lowest BCUT2D eigenvalue weighted by molar-refractivity contribution is 0.582. The van der Waals surface area contributed by atoms with Crippen molar-refractivity contribution in [1.29, 1.82) is 5.26 Å². The minimum atomic E-state index is -0.239. The van der Waals surface area contributed by atoms with Gasteiger partial charge in [0.1, 0.15) is 17.7 Å². The van der Waals surface area contributed by atoms with Crippen molar-refractivity contribution < 1.29 is 4.39 Å². The zero-order valence-electron chi connectivity index (χ0n) is 12.1. The van der Waals surface area contributed by atoms with E-state index in [1.54, 1.807) is 6.07 Å². The van der Waals surface area contributed by atoms with E-state index in [2.05, 4.69) is 4.98 Å². The Kier molecular flexibility index (Phi) is 4.00. The number of hydrogen-bond donors (Lipinski definition) is 0. The molecule has 1 unspecified atom stereocenters. The molecule has 3 nitrogen and oxygen atoms in total. The molecule has 5 heteroatoms. The molecule has 0 aliphatic heterocycles. The Bertz CT molecular complexity index is 720. The average Bonchev–Trinajstić information content (AvgIpc) is 3.34. The maximum absolute atomic E-state index is 13.2. The predicted molar refractivity (Wildman–Crippen MR) is 84.2 cm³/mol. The molecule has 1 fully saturated rings. The maximum atomic E-state index is 13.2. The molecule has 0 saturated heterocycles. The van der Waals surface area contributed by atoms with E-state index in [0.29, 0.717) is 16.8 Å². The number of anilines is 1. The van der Waals surface area contributed by atoms with Crippen molar-refractivity contribution in [2.75, 3.05) is 11.9 Å². The fraction of sp³-hybridized carbons (Fsp3) is 0.294. The Balaban J connectivity index is 1.95. The van der Waals surface area contributed by atoms with Gasteiger partial charge in [-0.3, -0.25) is 0 Å². The first-order valence-corrected chi connectivity index (χ1v) is 7.53. The first-order valence-electron chi connectivity index (χ1n) is 7.15. The number of benzene rings is 1. The monoisotopic (exact) mass is 315 g/mol. The van der Waals surface area contributed by atoms with Crippen LogP contribution in [0, 0.1) is 23.1 Å². The topological polar surface area (TPSA) is 39.9 Å². The lowest BCUT2D eigenvalue weighted by Gasteiger charge is -2.30. The molecule has 1 atom stereocenters. The van der Waals surface area contributed by atoms with E-state index in [0.717, 1.165) is 18.4 Å². The van der Waals surface area contributed by atoms with Crippen LogP contribution < -0.4 is 4.90 Å². The van der Waals surface area contributed by atoms with Gasteiger partial charge >= 0.3 is 0 Å². The molecule has 1 saturated carbocycles. The summed E-state index contributed by atoms with van der Waals surface area (Å²) in [4.78, 5) is 6.37. The molecule has 112 valence electrons. The van der Waals surface area contributed by atoms with Gasteiger partial charge in [-0.2, -0.15) is 5.26 Å². The first kappa shape index (κ1) is 14.8. The number of halogens is 2. The van der Waals surface area contributed by atoms with Gasteiger partial charge in [-0.15, -0.1) is 0 Å². The smallest absolute Gasteiger partial charge is 0.161 e. The third-order valence-corrected chi connectivity index (χ3v) is 4.30. The molecule has 3 rings (SSSR count). The van der Waals surface area contributed by atoms with E-state index < -0.39 is 0 Å². The van der Waals surface area contributed by atoms with Crippen LogP contribution in [0.1, 0.15) is 30.1 Å². The third kappa shape index (κ3) is 2.90. The van der Waals surface area contributed by atoms with Gasteiger partial charge in [-0.1, -0.05) is 23.7 Å². The SMILES string of the molecule is CN(c1ccc(Cl)c(C#N)n1)C(c1ccc(F)cc1)C1CC1. The Hall–Kier alpha value is -2.12. The Morgan fingerprint density at radius 3 is 2.55 bits per heavy atom. The molecule has 0 N–H and O–H groups in total. The molecule has 0 bridgehead atoms. The number of rotatable bonds is 4. The average molecular weight is 316 g/mol. The normalized spacial score (nSPS) is 15.2. The standard InChI is InChI=1S/C17H15ClFN3/c1-22(16-9-8-14(18)15(10-20)21-16)17(11-2-3-11)12-4-6-13(19)7-5-12/h4-9,11,17H,2-3H2,1H3. The van der Waals surface area contributed by atoms with Gasteiger partial charge in [0.05, 0.1) is 11.1 Å². The second-order valence-corrected chi connectivity index (χ2v) is 5.96. The van der Waals surface area contributed by atoms with Gasteiger partial charge < -0.3 is 4.90 Å². The molecule has 1 aliphatic rings. The zero-order chi connectivity index (χ0) is 15.7. The predicted octanol–water partition coefficient (Wildman–Crippen LogP) is 4.33. The van der Waals surface area contributed by atoms with Crippen molar-refractivity contribution in [2.45, 2.75) is 18.9 Å². The summed E-state index contributed by atoms with van der Waals surface area (Å²) >= 11 is 5.94. The van der Waals surface area contributed by atoms with E-state index in [9.17, 15) is 4.39 Å². The molecule has 1 heterocycles. The largest absolute Gasteiger partial charge is 0.352 e. The zero-order valence-corrected chi connectivity index (χ0v) is 12.9. The van der Waals surface area contributed by atoms with Crippen LogP contribution in [0.2, 0.25) is 5.02 Å². The van der Waals surface area contributed by atoms with Crippen LogP contribution in [0.25, 0.3) is 0 Å². The highest BCUT2D eigenvalue weighted by Gasteiger charge is 2.35. The van der Waals surface area contributed by atoms with Gasteiger partial charge in [0.15, 0.2) is 5.69 Å². The van der Waals surface area contributed by atoms with Crippen molar-refractivity contribution in [3.63, 3.8) is 0 Å². The lowest BCUT2D eigenvalue weighted by atomic mass is 10.0. The highest BCUT2D eigenvalue weighted by Crippen LogP contribution is 2.45. The summed E-state index contributed by atoms with van der Waals surface area (Å²) in [6.07, 6.45) is 2.29. The van der Waals surface area contributed by atoms with E-state index in [-0.39, 0.29) is 17.6 Å². The molecule has 2 aromatic rings. The molecule has 0 spiro atoms. The second kappa shape index (κ2) is 5.94. The van der Waals surface area contributed by atoms with Crippen molar-refractivity contribution in [1.82, 2.24) is 4.98 Å². The number of pyridine rings is 1. The summed E-state index contributed by atoms with van der Waals surface area (Å²) in [5.74, 6) is 0.984. The second-order valence-electron chi connectivity index (χ2n) is 5.56. The van der Waals surface area contributed by atoms with E-state index in [4.69, 9.17) is 16.9 Å². The number of nitrogens with zero attached hydrogens (tertiary/aromatic N) is 3. The number of aromatic nitrogens is 1. The quantitative estimate of drug-likeness (QED) is 0.843. The van der Waals surface area contributed by atoms with Crippen LogP contribution in [0.3, 0.4) is 0 Å². The summed E-state index contributed by atoms with van der Waals surface area (Å²) in [5, 5.41) is 9.43. The lowest BCUT2D eigenvalue weighted by Crippen LogP contribution is -2.26. The van der Waals surface area contributed by atoms with Crippen LogP contribution >= 0.6 is 11.6 Å². The van der Waals surface area contributed by atoms with Gasteiger partial charge in [-0.05, 0) is 48.6 Å². The highest BCUT2D eigenvalue weighted by molar-refractivity contribution is 6.31. The molecule has 1 aromatic heterocycles. The van der Waals surface area contributed by atoms with Gasteiger partial charge in [-0.25, -0.2) is 9.37 Å². The van der Waals surface area contributed by atoms with Crippen molar-refractivity contribution in [2.24, 2.45) is 5.92 Å². The first-order chi connectivity index (χ1) is 10.6. The van der Waals surface area contributed by atoms with E-state index in [1.807, 2.05) is 36.2 Å². The Morgan fingerprint density at radius 2 is 1.95 bits per heavy atom. The highest BCUT2D eigenvalue weighted by atomic mass is 35.5. The van der Waals surface area contributed by atoms with Gasteiger partial charge in [0.25, 0.3) is 0 Å². The molecule has 1 aliphatic carbocycles. The molecule has 0 amide bonds. The van der Waals surface area contributed by atoms with Crippen LogP contribution in [0.15, 0.2) is 36.4 Å². The fourth-order valence-corrected chi connectivity index (χ4v) is 2.88. The van der Waals surface area contributed by atoms with E-state index >= 15 is 0 Å². The summed E-state index contributed by atoms with van der Waals surface area (Å²) in [6.45, 7) is 0. The summed E-state index contributed by atoms with van der Waals surface area (Å²) in [5.41, 5.74) is 1.28. The van der Waals surface area contributed by atoms with Crippen molar-refractivity contribution in [3.05, 3.63) is 58.5 Å². The summed E-state index contributed by atoms with van der Waals surface area (Å²) in [7, 11) is 1.95. The number of hydrogen-bond acceptors (Lipinski definition) is 3.